The Morgan fingerprint density at radius 3 is 2.59 bits per heavy atom. The zero-order chi connectivity index (χ0) is 13.1. The number of carbonyl (C=O) groups is 1. The molecule has 0 N–H and O–H groups in total. The number of rotatable bonds is 9. The van der Waals surface area contributed by atoms with Crippen LogP contribution in [-0.2, 0) is 19.0 Å². The first-order valence-electron chi connectivity index (χ1n) is 5.65. The van der Waals surface area contributed by atoms with Crippen molar-refractivity contribution in [3.8, 4) is 6.07 Å². The van der Waals surface area contributed by atoms with E-state index in [0.29, 0.717) is 19.6 Å². The SMILES string of the molecule is C=C(C#N)C(=O)OCCCOC(CC)OCC. The van der Waals surface area contributed by atoms with Crippen molar-refractivity contribution in [3.63, 3.8) is 0 Å². The summed E-state index contributed by atoms with van der Waals surface area (Å²) in [5.74, 6) is -0.677. The third kappa shape index (κ3) is 7.50. The summed E-state index contributed by atoms with van der Waals surface area (Å²) in [5.41, 5.74) is -0.188. The molecule has 0 saturated heterocycles. The fraction of sp³-hybridized carbons (Fsp3) is 0.667. The van der Waals surface area contributed by atoms with E-state index in [2.05, 4.69) is 6.58 Å². The Hall–Kier alpha value is -1.38. The van der Waals surface area contributed by atoms with Crippen molar-refractivity contribution in [2.45, 2.75) is 33.0 Å². The summed E-state index contributed by atoms with van der Waals surface area (Å²) in [6.07, 6.45) is 1.14. The summed E-state index contributed by atoms with van der Waals surface area (Å²) in [6.45, 7) is 8.39. The number of nitrogens with zero attached hydrogens (tertiary/aromatic N) is 1. The minimum Gasteiger partial charge on any atom is -0.461 e. The molecule has 1 atom stereocenters. The minimum absolute atomic E-state index is 0.188. The van der Waals surface area contributed by atoms with E-state index < -0.39 is 5.97 Å². The molecule has 0 saturated carbocycles. The predicted molar refractivity (Wildman–Crippen MR) is 62.0 cm³/mol. The number of nitriles is 1. The average Bonchev–Trinajstić information content (AvgIpc) is 2.35. The molecular formula is C12H19NO4. The van der Waals surface area contributed by atoms with Gasteiger partial charge in [-0.1, -0.05) is 13.5 Å². The van der Waals surface area contributed by atoms with Crippen molar-refractivity contribution >= 4 is 5.97 Å². The Kier molecular flexibility index (Phi) is 9.02. The number of carbonyl (C=O) groups excluding carboxylic acids is 1. The summed E-state index contributed by atoms with van der Waals surface area (Å²) in [5, 5.41) is 8.38. The lowest BCUT2D eigenvalue weighted by atomic mass is 10.3. The summed E-state index contributed by atoms with van der Waals surface area (Å²) in [6, 6.07) is 1.63. The van der Waals surface area contributed by atoms with Crippen molar-refractivity contribution in [3.05, 3.63) is 12.2 Å². The van der Waals surface area contributed by atoms with Crippen LogP contribution in [0.15, 0.2) is 12.2 Å². The molecule has 0 aliphatic rings. The Morgan fingerprint density at radius 1 is 1.35 bits per heavy atom. The predicted octanol–water partition coefficient (Wildman–Crippen LogP) is 1.79. The van der Waals surface area contributed by atoms with Crippen LogP contribution < -0.4 is 0 Å². The topological polar surface area (TPSA) is 68.6 Å². The number of esters is 1. The quantitative estimate of drug-likeness (QED) is 0.202. The van der Waals surface area contributed by atoms with E-state index in [1.54, 1.807) is 6.07 Å². The second kappa shape index (κ2) is 9.82. The third-order valence-electron chi connectivity index (χ3n) is 1.89. The van der Waals surface area contributed by atoms with Crippen LogP contribution in [0.1, 0.15) is 26.7 Å². The maximum atomic E-state index is 11.0. The number of hydrogen-bond acceptors (Lipinski definition) is 5. The first-order valence-corrected chi connectivity index (χ1v) is 5.65. The van der Waals surface area contributed by atoms with Gasteiger partial charge in [-0.25, -0.2) is 4.79 Å². The van der Waals surface area contributed by atoms with Crippen LogP contribution in [0.5, 0.6) is 0 Å². The van der Waals surface area contributed by atoms with Gasteiger partial charge in [0, 0.05) is 13.0 Å². The summed E-state index contributed by atoms with van der Waals surface area (Å²) in [7, 11) is 0. The molecule has 0 heterocycles. The molecule has 0 aliphatic carbocycles. The smallest absolute Gasteiger partial charge is 0.348 e. The fourth-order valence-corrected chi connectivity index (χ4v) is 1.04. The van der Waals surface area contributed by atoms with Gasteiger partial charge in [0.05, 0.1) is 13.2 Å². The van der Waals surface area contributed by atoms with E-state index in [9.17, 15) is 4.79 Å². The standard InChI is InChI=1S/C12H19NO4/c1-4-11(15-5-2)16-7-6-8-17-12(14)10(3)9-13/h11H,3-8H2,1-2H3. The minimum atomic E-state index is -0.677. The molecular weight excluding hydrogens is 222 g/mol. The first kappa shape index (κ1) is 15.6. The average molecular weight is 241 g/mol. The van der Waals surface area contributed by atoms with Gasteiger partial charge >= 0.3 is 5.97 Å². The number of hydrogen-bond donors (Lipinski definition) is 0. The van der Waals surface area contributed by atoms with E-state index in [4.69, 9.17) is 19.5 Å². The van der Waals surface area contributed by atoms with Gasteiger partial charge in [-0.05, 0) is 13.3 Å². The maximum absolute atomic E-state index is 11.0. The molecule has 0 bridgehead atoms. The molecule has 5 nitrogen and oxygen atoms in total. The van der Waals surface area contributed by atoms with Crippen LogP contribution in [0, 0.1) is 11.3 Å². The zero-order valence-electron chi connectivity index (χ0n) is 10.4. The van der Waals surface area contributed by atoms with E-state index in [0.717, 1.165) is 6.42 Å². The zero-order valence-corrected chi connectivity index (χ0v) is 10.4. The van der Waals surface area contributed by atoms with Gasteiger partial charge in [-0.3, -0.25) is 0 Å². The second-order valence-corrected chi connectivity index (χ2v) is 3.24. The van der Waals surface area contributed by atoms with Gasteiger partial charge in [0.15, 0.2) is 6.29 Å². The molecule has 1 unspecified atom stereocenters. The third-order valence-corrected chi connectivity index (χ3v) is 1.89. The highest BCUT2D eigenvalue weighted by molar-refractivity contribution is 5.91. The highest BCUT2D eigenvalue weighted by atomic mass is 16.7. The molecule has 0 fully saturated rings. The van der Waals surface area contributed by atoms with Crippen molar-refractivity contribution in [2.24, 2.45) is 0 Å². The van der Waals surface area contributed by atoms with Gasteiger partial charge in [-0.2, -0.15) is 5.26 Å². The first-order chi connectivity index (χ1) is 8.15. The van der Waals surface area contributed by atoms with Crippen molar-refractivity contribution < 1.29 is 19.0 Å². The Balaban J connectivity index is 3.55. The van der Waals surface area contributed by atoms with Crippen LogP contribution in [0.3, 0.4) is 0 Å². The molecule has 0 aliphatic heterocycles. The highest BCUT2D eigenvalue weighted by Crippen LogP contribution is 2.01. The van der Waals surface area contributed by atoms with Crippen LogP contribution >= 0.6 is 0 Å². The fourth-order valence-electron chi connectivity index (χ4n) is 1.04. The van der Waals surface area contributed by atoms with Crippen molar-refractivity contribution in [1.82, 2.24) is 0 Å². The lowest BCUT2D eigenvalue weighted by molar-refractivity contribution is -0.147. The number of ether oxygens (including phenoxy) is 3. The normalized spacial score (nSPS) is 11.6. The van der Waals surface area contributed by atoms with Crippen molar-refractivity contribution in [1.29, 1.82) is 5.26 Å². The molecule has 17 heavy (non-hydrogen) atoms. The van der Waals surface area contributed by atoms with E-state index in [1.165, 1.54) is 0 Å². The molecule has 0 amide bonds. The summed E-state index contributed by atoms with van der Waals surface area (Å²) in [4.78, 5) is 11.0. The van der Waals surface area contributed by atoms with Gasteiger partial charge in [0.1, 0.15) is 11.6 Å². The van der Waals surface area contributed by atoms with E-state index >= 15 is 0 Å². The second-order valence-electron chi connectivity index (χ2n) is 3.24. The summed E-state index contributed by atoms with van der Waals surface area (Å²) < 4.78 is 15.5. The monoisotopic (exact) mass is 241 g/mol. The molecule has 0 spiro atoms. The lowest BCUT2D eigenvalue weighted by Crippen LogP contribution is -2.18. The molecule has 0 radical (unpaired) electrons. The van der Waals surface area contributed by atoms with Gasteiger partial charge in [-0.15, -0.1) is 0 Å². The molecule has 0 rings (SSSR count). The molecule has 0 aromatic heterocycles. The van der Waals surface area contributed by atoms with E-state index in [-0.39, 0.29) is 18.5 Å². The maximum Gasteiger partial charge on any atom is 0.348 e. The van der Waals surface area contributed by atoms with Crippen LogP contribution in [0.25, 0.3) is 0 Å². The molecule has 96 valence electrons. The molecule has 0 aromatic carbocycles. The Labute approximate surface area is 102 Å². The summed E-state index contributed by atoms with van der Waals surface area (Å²) >= 11 is 0. The largest absolute Gasteiger partial charge is 0.461 e. The van der Waals surface area contributed by atoms with Gasteiger partial charge in [0.2, 0.25) is 0 Å². The van der Waals surface area contributed by atoms with Gasteiger partial charge < -0.3 is 14.2 Å². The lowest BCUT2D eigenvalue weighted by Gasteiger charge is -2.15. The van der Waals surface area contributed by atoms with Crippen LogP contribution in [-0.4, -0.2) is 32.1 Å². The molecule has 0 aromatic rings. The van der Waals surface area contributed by atoms with Crippen LogP contribution in [0.4, 0.5) is 0 Å². The molecule has 5 heteroatoms. The van der Waals surface area contributed by atoms with E-state index in [1.807, 2.05) is 13.8 Å². The Morgan fingerprint density at radius 2 is 2.06 bits per heavy atom. The Bertz CT molecular complexity index is 283. The van der Waals surface area contributed by atoms with Crippen LogP contribution in [0.2, 0.25) is 0 Å². The highest BCUT2D eigenvalue weighted by Gasteiger charge is 2.08. The van der Waals surface area contributed by atoms with Crippen molar-refractivity contribution in [2.75, 3.05) is 19.8 Å². The van der Waals surface area contributed by atoms with Gasteiger partial charge in [0.25, 0.3) is 0 Å².